The van der Waals surface area contributed by atoms with Gasteiger partial charge in [0.15, 0.2) is 6.29 Å². The first-order valence-corrected chi connectivity index (χ1v) is 10.6. The summed E-state index contributed by atoms with van der Waals surface area (Å²) in [5.74, 6) is 0. The fourth-order valence-corrected chi connectivity index (χ4v) is 5.12. The molecule has 1 aliphatic rings. The van der Waals surface area contributed by atoms with Gasteiger partial charge in [0.05, 0.1) is 6.10 Å². The Kier molecular flexibility index (Phi) is 9.32. The third kappa shape index (κ3) is 6.93. The van der Waals surface area contributed by atoms with Gasteiger partial charge in [0.1, 0.15) is 0 Å². The van der Waals surface area contributed by atoms with E-state index >= 15 is 0 Å². The van der Waals surface area contributed by atoms with E-state index in [0.29, 0.717) is 13.2 Å². The molecule has 2 rings (SSSR count). The molecule has 0 saturated heterocycles. The summed E-state index contributed by atoms with van der Waals surface area (Å²) >= 11 is 1.89. The van der Waals surface area contributed by atoms with E-state index in [4.69, 9.17) is 9.47 Å². The molecular weight excluding hydrogens is 332 g/mol. The van der Waals surface area contributed by atoms with Gasteiger partial charge in [-0.25, -0.2) is 0 Å². The molecule has 0 heterocycles. The Morgan fingerprint density at radius 1 is 1.08 bits per heavy atom. The molecule has 25 heavy (non-hydrogen) atoms. The van der Waals surface area contributed by atoms with Crippen molar-refractivity contribution < 1.29 is 14.6 Å². The number of hydrogen-bond donors (Lipinski definition) is 1. The van der Waals surface area contributed by atoms with E-state index < -0.39 is 0 Å². The zero-order valence-corrected chi connectivity index (χ0v) is 16.6. The van der Waals surface area contributed by atoms with Gasteiger partial charge in [-0.2, -0.15) is 0 Å². The largest absolute Gasteiger partial charge is 0.392 e. The number of thioether (sulfide) groups is 1. The second-order valence-corrected chi connectivity index (χ2v) is 8.43. The smallest absolute Gasteiger partial charge is 0.154 e. The Bertz CT molecular complexity index is 459. The summed E-state index contributed by atoms with van der Waals surface area (Å²) in [7, 11) is 0. The van der Waals surface area contributed by atoms with Gasteiger partial charge in [-0.3, -0.25) is 0 Å². The van der Waals surface area contributed by atoms with Crippen molar-refractivity contribution in [2.45, 2.75) is 87.3 Å². The van der Waals surface area contributed by atoms with E-state index in [1.807, 2.05) is 25.6 Å². The first-order valence-electron chi connectivity index (χ1n) is 9.81. The van der Waals surface area contributed by atoms with Crippen molar-refractivity contribution in [2.24, 2.45) is 0 Å². The molecule has 0 amide bonds. The van der Waals surface area contributed by atoms with E-state index in [1.54, 1.807) is 0 Å². The SMILES string of the molecule is CCOC(C)OCCCCC(O)C1(Sc2ccccc2)CCCCC1. The molecule has 1 aromatic carbocycles. The zero-order valence-electron chi connectivity index (χ0n) is 15.8. The molecule has 1 aliphatic carbocycles. The van der Waals surface area contributed by atoms with Crippen LogP contribution >= 0.6 is 11.8 Å². The summed E-state index contributed by atoms with van der Waals surface area (Å²) < 4.78 is 11.0. The highest BCUT2D eigenvalue weighted by molar-refractivity contribution is 8.00. The maximum Gasteiger partial charge on any atom is 0.154 e. The Balaban J connectivity index is 1.81. The lowest BCUT2D eigenvalue weighted by molar-refractivity contribution is -0.127. The predicted molar refractivity (Wildman–Crippen MR) is 105 cm³/mol. The van der Waals surface area contributed by atoms with Crippen LogP contribution < -0.4 is 0 Å². The van der Waals surface area contributed by atoms with Crippen molar-refractivity contribution in [2.75, 3.05) is 13.2 Å². The Hall–Kier alpha value is -0.550. The lowest BCUT2D eigenvalue weighted by Gasteiger charge is -2.41. The average Bonchev–Trinajstić information content (AvgIpc) is 2.63. The van der Waals surface area contributed by atoms with Crippen molar-refractivity contribution in [3.05, 3.63) is 30.3 Å². The van der Waals surface area contributed by atoms with Gasteiger partial charge in [-0.1, -0.05) is 37.5 Å². The normalized spacial score (nSPS) is 19.5. The van der Waals surface area contributed by atoms with E-state index in [2.05, 4.69) is 30.3 Å². The monoisotopic (exact) mass is 366 g/mol. The van der Waals surface area contributed by atoms with E-state index in [0.717, 1.165) is 32.1 Å². The Labute approximate surface area is 157 Å². The van der Waals surface area contributed by atoms with Crippen LogP contribution in [0.3, 0.4) is 0 Å². The summed E-state index contributed by atoms with van der Waals surface area (Å²) in [6.07, 6.45) is 8.43. The topological polar surface area (TPSA) is 38.7 Å². The van der Waals surface area contributed by atoms with Crippen molar-refractivity contribution in [1.82, 2.24) is 0 Å². The Morgan fingerprint density at radius 3 is 2.48 bits per heavy atom. The molecule has 0 aliphatic heterocycles. The van der Waals surface area contributed by atoms with Gasteiger partial charge in [-0.15, -0.1) is 11.8 Å². The van der Waals surface area contributed by atoms with E-state index in [1.165, 1.54) is 24.2 Å². The van der Waals surface area contributed by atoms with Gasteiger partial charge in [-0.05, 0) is 58.1 Å². The number of rotatable bonds is 11. The molecule has 0 radical (unpaired) electrons. The maximum absolute atomic E-state index is 11.0. The lowest BCUT2D eigenvalue weighted by Crippen LogP contribution is -2.41. The number of benzene rings is 1. The zero-order chi connectivity index (χ0) is 18.0. The third-order valence-electron chi connectivity index (χ3n) is 5.00. The van der Waals surface area contributed by atoms with Gasteiger partial charge in [0.2, 0.25) is 0 Å². The number of unbranched alkanes of at least 4 members (excludes halogenated alkanes) is 1. The predicted octanol–water partition coefficient (Wildman–Crippen LogP) is 5.41. The summed E-state index contributed by atoms with van der Waals surface area (Å²) in [6, 6.07) is 10.6. The molecule has 0 spiro atoms. The summed E-state index contributed by atoms with van der Waals surface area (Å²) in [4.78, 5) is 1.28. The van der Waals surface area contributed by atoms with Crippen molar-refractivity contribution >= 4 is 11.8 Å². The molecule has 1 aromatic rings. The summed E-state index contributed by atoms with van der Waals surface area (Å²) in [6.45, 7) is 5.29. The van der Waals surface area contributed by atoms with E-state index in [-0.39, 0.29) is 17.1 Å². The molecule has 4 heteroatoms. The van der Waals surface area contributed by atoms with Gasteiger partial charge in [0, 0.05) is 22.9 Å². The highest BCUT2D eigenvalue weighted by Gasteiger charge is 2.39. The van der Waals surface area contributed by atoms with Crippen molar-refractivity contribution in [1.29, 1.82) is 0 Å². The van der Waals surface area contributed by atoms with Crippen LogP contribution in [0.15, 0.2) is 35.2 Å². The second kappa shape index (κ2) is 11.2. The third-order valence-corrected chi connectivity index (χ3v) is 6.59. The number of aliphatic hydroxyl groups excluding tert-OH is 1. The minimum absolute atomic E-state index is 0.0148. The van der Waals surface area contributed by atoms with Crippen LogP contribution in [0.25, 0.3) is 0 Å². The molecule has 1 N–H and O–H groups in total. The Morgan fingerprint density at radius 2 is 1.80 bits per heavy atom. The van der Waals surface area contributed by atoms with Crippen LogP contribution in [-0.2, 0) is 9.47 Å². The molecule has 3 nitrogen and oxygen atoms in total. The van der Waals surface area contributed by atoms with Gasteiger partial charge < -0.3 is 14.6 Å². The molecule has 1 saturated carbocycles. The van der Waals surface area contributed by atoms with E-state index in [9.17, 15) is 5.11 Å². The number of ether oxygens (including phenoxy) is 2. The lowest BCUT2D eigenvalue weighted by atomic mass is 9.82. The molecular formula is C21H34O3S. The van der Waals surface area contributed by atoms with Crippen LogP contribution in [0.1, 0.15) is 65.2 Å². The minimum atomic E-state index is -0.248. The number of aliphatic hydroxyl groups is 1. The van der Waals surface area contributed by atoms with Crippen LogP contribution in [0.4, 0.5) is 0 Å². The van der Waals surface area contributed by atoms with Crippen molar-refractivity contribution in [3.63, 3.8) is 0 Å². The standard InChI is InChI=1S/C21H34O3S/c1-3-23-18(2)24-17-11-8-14-20(22)21(15-9-5-10-16-21)25-19-12-6-4-7-13-19/h4,6-7,12-13,18,20,22H,3,5,8-11,14-17H2,1-2H3. The quantitative estimate of drug-likeness (QED) is 0.420. The van der Waals surface area contributed by atoms with Crippen molar-refractivity contribution in [3.8, 4) is 0 Å². The van der Waals surface area contributed by atoms with Gasteiger partial charge in [0.25, 0.3) is 0 Å². The average molecular weight is 367 g/mol. The van der Waals surface area contributed by atoms with Gasteiger partial charge >= 0.3 is 0 Å². The molecule has 2 unspecified atom stereocenters. The minimum Gasteiger partial charge on any atom is -0.392 e. The molecule has 0 bridgehead atoms. The van der Waals surface area contributed by atoms with Crippen LogP contribution in [0, 0.1) is 0 Å². The highest BCUT2D eigenvalue weighted by atomic mass is 32.2. The molecule has 2 atom stereocenters. The second-order valence-electron chi connectivity index (χ2n) is 6.95. The first-order chi connectivity index (χ1) is 12.2. The maximum atomic E-state index is 11.0. The van der Waals surface area contributed by atoms with Crippen LogP contribution in [0.2, 0.25) is 0 Å². The fourth-order valence-electron chi connectivity index (χ4n) is 3.61. The fraction of sp³-hybridized carbons (Fsp3) is 0.714. The first kappa shape index (κ1) is 20.8. The highest BCUT2D eigenvalue weighted by Crippen LogP contribution is 2.47. The van der Waals surface area contributed by atoms with Crippen LogP contribution in [-0.4, -0.2) is 35.5 Å². The summed E-state index contributed by atoms with van der Waals surface area (Å²) in [5.41, 5.74) is 0. The number of hydrogen-bond acceptors (Lipinski definition) is 4. The molecule has 0 aromatic heterocycles. The van der Waals surface area contributed by atoms with Crippen LogP contribution in [0.5, 0.6) is 0 Å². The molecule has 142 valence electrons. The molecule has 1 fully saturated rings. The summed E-state index contributed by atoms with van der Waals surface area (Å²) in [5, 5.41) is 11.0.